The Balaban J connectivity index is 2.24. The highest BCUT2D eigenvalue weighted by Crippen LogP contribution is 2.28. The van der Waals surface area contributed by atoms with Crippen LogP contribution in [0.2, 0.25) is 5.02 Å². The first kappa shape index (κ1) is 12.6. The topological polar surface area (TPSA) is 52.0 Å². The SMILES string of the molecule is NCCCc1ncc(-c2cc(Cl)cc(Br)c2)o1. The molecule has 0 aliphatic rings. The number of rotatable bonds is 4. The van der Waals surface area contributed by atoms with Gasteiger partial charge < -0.3 is 10.2 Å². The van der Waals surface area contributed by atoms with E-state index in [1.54, 1.807) is 6.20 Å². The van der Waals surface area contributed by atoms with Crippen LogP contribution in [0.25, 0.3) is 11.3 Å². The van der Waals surface area contributed by atoms with Crippen molar-refractivity contribution in [1.82, 2.24) is 4.98 Å². The van der Waals surface area contributed by atoms with Crippen molar-refractivity contribution in [2.24, 2.45) is 5.73 Å². The lowest BCUT2D eigenvalue weighted by Crippen LogP contribution is -2.00. The van der Waals surface area contributed by atoms with Gasteiger partial charge in [0, 0.05) is 21.5 Å². The zero-order chi connectivity index (χ0) is 12.3. The molecular weight excluding hydrogens is 304 g/mol. The molecule has 1 heterocycles. The molecular formula is C12H12BrClN2O. The van der Waals surface area contributed by atoms with Crippen LogP contribution in [0.3, 0.4) is 0 Å². The van der Waals surface area contributed by atoms with Crippen molar-refractivity contribution in [2.75, 3.05) is 6.54 Å². The zero-order valence-corrected chi connectivity index (χ0v) is 11.5. The Morgan fingerprint density at radius 1 is 1.35 bits per heavy atom. The second-order valence-electron chi connectivity index (χ2n) is 3.67. The zero-order valence-electron chi connectivity index (χ0n) is 9.12. The van der Waals surface area contributed by atoms with E-state index in [0.29, 0.717) is 17.5 Å². The molecule has 0 radical (unpaired) electrons. The maximum Gasteiger partial charge on any atom is 0.194 e. The summed E-state index contributed by atoms with van der Waals surface area (Å²) >= 11 is 9.38. The predicted molar refractivity (Wildman–Crippen MR) is 72.0 cm³/mol. The van der Waals surface area contributed by atoms with Gasteiger partial charge in [-0.25, -0.2) is 4.98 Å². The maximum atomic E-state index is 5.98. The first-order chi connectivity index (χ1) is 8.19. The van der Waals surface area contributed by atoms with Crippen molar-refractivity contribution in [1.29, 1.82) is 0 Å². The van der Waals surface area contributed by atoms with Crippen molar-refractivity contribution in [3.63, 3.8) is 0 Å². The average Bonchev–Trinajstić information content (AvgIpc) is 2.73. The number of halogens is 2. The molecule has 0 saturated heterocycles. The van der Waals surface area contributed by atoms with Crippen LogP contribution in [-0.4, -0.2) is 11.5 Å². The minimum Gasteiger partial charge on any atom is -0.441 e. The summed E-state index contributed by atoms with van der Waals surface area (Å²) in [6.07, 6.45) is 3.35. The summed E-state index contributed by atoms with van der Waals surface area (Å²) < 4.78 is 6.55. The fraction of sp³-hybridized carbons (Fsp3) is 0.250. The van der Waals surface area contributed by atoms with Gasteiger partial charge in [-0.15, -0.1) is 0 Å². The lowest BCUT2D eigenvalue weighted by Gasteiger charge is -1.99. The molecule has 1 aromatic heterocycles. The molecule has 3 nitrogen and oxygen atoms in total. The van der Waals surface area contributed by atoms with Gasteiger partial charge in [-0.1, -0.05) is 27.5 Å². The first-order valence-corrected chi connectivity index (χ1v) is 6.47. The van der Waals surface area contributed by atoms with Crippen molar-refractivity contribution in [2.45, 2.75) is 12.8 Å². The summed E-state index contributed by atoms with van der Waals surface area (Å²) in [4.78, 5) is 4.21. The molecule has 2 rings (SSSR count). The molecule has 0 aliphatic heterocycles. The van der Waals surface area contributed by atoms with Gasteiger partial charge in [0.2, 0.25) is 0 Å². The minimum atomic E-state index is 0.639. The molecule has 2 aromatic rings. The van der Waals surface area contributed by atoms with Crippen LogP contribution in [0.1, 0.15) is 12.3 Å². The second kappa shape index (κ2) is 5.67. The normalized spacial score (nSPS) is 10.8. The predicted octanol–water partition coefficient (Wildman–Crippen LogP) is 3.65. The van der Waals surface area contributed by atoms with Crippen molar-refractivity contribution >= 4 is 27.5 Å². The number of aryl methyl sites for hydroxylation is 1. The smallest absolute Gasteiger partial charge is 0.194 e. The number of aromatic nitrogens is 1. The summed E-state index contributed by atoms with van der Waals surface area (Å²) in [6.45, 7) is 0.639. The van der Waals surface area contributed by atoms with Gasteiger partial charge in [-0.05, 0) is 31.2 Å². The first-order valence-electron chi connectivity index (χ1n) is 5.30. The fourth-order valence-corrected chi connectivity index (χ4v) is 2.37. The van der Waals surface area contributed by atoms with E-state index in [1.165, 1.54) is 0 Å². The lowest BCUT2D eigenvalue weighted by molar-refractivity contribution is 0.499. The number of benzene rings is 1. The Hall–Kier alpha value is -0.840. The Morgan fingerprint density at radius 2 is 2.18 bits per heavy atom. The molecule has 90 valence electrons. The summed E-state index contributed by atoms with van der Waals surface area (Å²) in [5.74, 6) is 1.43. The molecule has 0 spiro atoms. The van der Waals surface area contributed by atoms with Gasteiger partial charge in [-0.2, -0.15) is 0 Å². The summed E-state index contributed by atoms with van der Waals surface area (Å²) in [5.41, 5.74) is 6.35. The Kier molecular flexibility index (Phi) is 4.20. The van der Waals surface area contributed by atoms with Crippen molar-refractivity contribution in [3.05, 3.63) is 39.8 Å². The number of nitrogens with two attached hydrogens (primary N) is 1. The largest absolute Gasteiger partial charge is 0.441 e. The summed E-state index contributed by atoms with van der Waals surface area (Å²) in [6, 6.07) is 5.62. The van der Waals surface area contributed by atoms with E-state index in [9.17, 15) is 0 Å². The fourth-order valence-electron chi connectivity index (χ4n) is 1.51. The highest BCUT2D eigenvalue weighted by molar-refractivity contribution is 9.10. The summed E-state index contributed by atoms with van der Waals surface area (Å²) in [7, 11) is 0. The van der Waals surface area contributed by atoms with Crippen LogP contribution in [-0.2, 0) is 6.42 Å². The van der Waals surface area contributed by atoms with Crippen molar-refractivity contribution < 1.29 is 4.42 Å². The van der Waals surface area contributed by atoms with Gasteiger partial charge in [0.1, 0.15) is 0 Å². The van der Waals surface area contributed by atoms with E-state index in [1.807, 2.05) is 18.2 Å². The van der Waals surface area contributed by atoms with Crippen LogP contribution in [0.4, 0.5) is 0 Å². The molecule has 0 atom stereocenters. The standard InChI is InChI=1S/C12H12BrClN2O/c13-9-4-8(5-10(14)6-9)11-7-16-12(17-11)2-1-3-15/h4-7H,1-3,15H2. The Labute approximate surface area is 113 Å². The third kappa shape index (κ3) is 3.31. The summed E-state index contributed by atoms with van der Waals surface area (Å²) in [5, 5.41) is 0.661. The molecule has 0 unspecified atom stereocenters. The average molecular weight is 316 g/mol. The number of hydrogen-bond acceptors (Lipinski definition) is 3. The molecule has 5 heteroatoms. The van der Waals surface area contributed by atoms with Crippen LogP contribution < -0.4 is 5.73 Å². The molecule has 0 aliphatic carbocycles. The molecule has 0 amide bonds. The molecule has 0 bridgehead atoms. The van der Waals surface area contributed by atoms with E-state index in [-0.39, 0.29) is 0 Å². The highest BCUT2D eigenvalue weighted by Gasteiger charge is 2.07. The van der Waals surface area contributed by atoms with Gasteiger partial charge in [0.25, 0.3) is 0 Å². The van der Waals surface area contributed by atoms with E-state index in [4.69, 9.17) is 21.8 Å². The molecule has 0 saturated carbocycles. The molecule has 1 aromatic carbocycles. The quantitative estimate of drug-likeness (QED) is 0.937. The Morgan fingerprint density at radius 3 is 2.88 bits per heavy atom. The van der Waals surface area contributed by atoms with Crippen molar-refractivity contribution in [3.8, 4) is 11.3 Å². The monoisotopic (exact) mass is 314 g/mol. The molecule has 0 fully saturated rings. The lowest BCUT2D eigenvalue weighted by atomic mass is 10.2. The molecule has 17 heavy (non-hydrogen) atoms. The number of nitrogens with zero attached hydrogens (tertiary/aromatic N) is 1. The minimum absolute atomic E-state index is 0.639. The van der Waals surface area contributed by atoms with E-state index < -0.39 is 0 Å². The van der Waals surface area contributed by atoms with Gasteiger partial charge in [0.05, 0.1) is 6.20 Å². The molecule has 2 N–H and O–H groups in total. The second-order valence-corrected chi connectivity index (χ2v) is 5.02. The third-order valence-corrected chi connectivity index (χ3v) is 2.97. The van der Waals surface area contributed by atoms with Crippen LogP contribution in [0, 0.1) is 0 Å². The highest BCUT2D eigenvalue weighted by atomic mass is 79.9. The van der Waals surface area contributed by atoms with Gasteiger partial charge >= 0.3 is 0 Å². The van der Waals surface area contributed by atoms with Gasteiger partial charge in [-0.3, -0.25) is 0 Å². The third-order valence-electron chi connectivity index (χ3n) is 2.30. The number of oxazole rings is 1. The van der Waals surface area contributed by atoms with E-state index >= 15 is 0 Å². The number of hydrogen-bond donors (Lipinski definition) is 1. The van der Waals surface area contributed by atoms with E-state index in [2.05, 4.69) is 20.9 Å². The Bertz CT molecular complexity index is 493. The van der Waals surface area contributed by atoms with Crippen LogP contribution >= 0.6 is 27.5 Å². The van der Waals surface area contributed by atoms with Crippen LogP contribution in [0.15, 0.2) is 33.3 Å². The van der Waals surface area contributed by atoms with Gasteiger partial charge in [0.15, 0.2) is 11.7 Å². The van der Waals surface area contributed by atoms with Crippen LogP contribution in [0.5, 0.6) is 0 Å². The van der Waals surface area contributed by atoms with E-state index in [0.717, 1.165) is 28.6 Å². The maximum absolute atomic E-state index is 5.98.